The quantitative estimate of drug-likeness (QED) is 0.152. The lowest BCUT2D eigenvalue weighted by atomic mass is 9.89. The van der Waals surface area contributed by atoms with Gasteiger partial charge in [0.1, 0.15) is 0 Å². The van der Waals surface area contributed by atoms with E-state index in [4.69, 9.17) is 19.9 Å². The van der Waals surface area contributed by atoms with Gasteiger partial charge >= 0.3 is 0 Å². The van der Waals surface area contributed by atoms with E-state index in [9.17, 15) is 0 Å². The fourth-order valence-corrected chi connectivity index (χ4v) is 11.6. The van der Waals surface area contributed by atoms with E-state index in [2.05, 4.69) is 215 Å². The molecule has 76 heavy (non-hydrogen) atoms. The molecule has 0 aliphatic rings. The van der Waals surface area contributed by atoms with Gasteiger partial charge in [-0.15, -0.1) is 0 Å². The third-order valence-electron chi connectivity index (χ3n) is 15.0. The summed E-state index contributed by atoms with van der Waals surface area (Å²) in [7, 11) is 0. The van der Waals surface area contributed by atoms with Crippen LogP contribution in [0.4, 0.5) is 0 Å². The van der Waals surface area contributed by atoms with E-state index in [1.165, 1.54) is 37.7 Å². The molecule has 0 bridgehead atoms. The summed E-state index contributed by atoms with van der Waals surface area (Å²) in [5, 5.41) is 9.49. The average molecular weight is 969 g/mol. The lowest BCUT2D eigenvalue weighted by molar-refractivity contribution is 1.03. The molecule has 4 aromatic heterocycles. The number of pyridine rings is 1. The molecular formula is C70H44N6. The number of hydrogen-bond donors (Lipinski definition) is 0. The van der Waals surface area contributed by atoms with E-state index in [0.717, 1.165) is 89.2 Å². The van der Waals surface area contributed by atoms with Gasteiger partial charge in [0.15, 0.2) is 23.3 Å². The summed E-state index contributed by atoms with van der Waals surface area (Å²) >= 11 is 0. The van der Waals surface area contributed by atoms with Crippen molar-refractivity contribution in [3.63, 3.8) is 0 Å². The number of rotatable bonds is 8. The highest BCUT2D eigenvalue weighted by molar-refractivity contribution is 6.23. The van der Waals surface area contributed by atoms with E-state index >= 15 is 0 Å². The van der Waals surface area contributed by atoms with Crippen molar-refractivity contribution in [2.24, 2.45) is 0 Å². The van der Waals surface area contributed by atoms with Gasteiger partial charge in [0.05, 0.1) is 33.4 Å². The summed E-state index contributed by atoms with van der Waals surface area (Å²) in [5.41, 5.74) is 14.0. The molecule has 0 spiro atoms. The fraction of sp³-hybridized carbons (Fsp3) is 0. The van der Waals surface area contributed by atoms with Gasteiger partial charge in [-0.25, -0.2) is 19.9 Å². The van der Waals surface area contributed by atoms with Crippen LogP contribution in [0.3, 0.4) is 0 Å². The normalized spacial score (nSPS) is 11.7. The summed E-state index contributed by atoms with van der Waals surface area (Å²) < 4.78 is 4.92. The monoisotopic (exact) mass is 968 g/mol. The Morgan fingerprint density at radius 3 is 1.12 bits per heavy atom. The largest absolute Gasteiger partial charge is 0.305 e. The Labute approximate surface area is 438 Å². The highest BCUT2D eigenvalue weighted by Crippen LogP contribution is 2.50. The molecule has 6 nitrogen and oxygen atoms in total. The second kappa shape index (κ2) is 17.7. The molecule has 0 atom stereocenters. The van der Waals surface area contributed by atoms with Gasteiger partial charge in [-0.05, 0) is 56.9 Å². The highest BCUT2D eigenvalue weighted by Gasteiger charge is 2.30. The van der Waals surface area contributed by atoms with Crippen LogP contribution < -0.4 is 0 Å². The maximum absolute atomic E-state index is 6.12. The molecule has 0 radical (unpaired) electrons. The van der Waals surface area contributed by atoms with Crippen molar-refractivity contribution in [2.45, 2.75) is 0 Å². The molecule has 0 amide bonds. The maximum Gasteiger partial charge on any atom is 0.164 e. The first-order valence-electron chi connectivity index (χ1n) is 25.7. The summed E-state index contributed by atoms with van der Waals surface area (Å²) in [4.78, 5) is 21.5. The zero-order chi connectivity index (χ0) is 50.1. The van der Waals surface area contributed by atoms with Gasteiger partial charge in [0.25, 0.3) is 0 Å². The summed E-state index contributed by atoms with van der Waals surface area (Å²) in [6, 6.07) is 94.8. The van der Waals surface area contributed by atoms with Gasteiger partial charge in [0.2, 0.25) is 0 Å². The molecule has 0 aliphatic heterocycles. The zero-order valence-corrected chi connectivity index (χ0v) is 41.1. The van der Waals surface area contributed by atoms with Crippen LogP contribution in [0.25, 0.3) is 144 Å². The SMILES string of the molecule is c1ccc(-c2nc(-c3ccccc3)nc(-c3ccc(-c4c(-c5ccccc5)c(-c5ccccc5)nc(-n5c6ccccc6c6c7ccccc7ccc65)c4-n4c5ccccc5c5c6ccccc6ccc54)cc3)n2)cc1. The van der Waals surface area contributed by atoms with Crippen molar-refractivity contribution in [2.75, 3.05) is 0 Å². The average Bonchev–Trinajstić information content (AvgIpc) is 4.18. The molecular weight excluding hydrogens is 925 g/mol. The van der Waals surface area contributed by atoms with Crippen molar-refractivity contribution >= 4 is 65.2 Å². The number of fused-ring (bicyclic) bond motifs is 10. The Kier molecular flexibility index (Phi) is 10.1. The first-order valence-corrected chi connectivity index (χ1v) is 25.7. The van der Waals surface area contributed by atoms with Crippen LogP contribution in [0, 0.1) is 0 Å². The van der Waals surface area contributed by atoms with Crippen molar-refractivity contribution in [1.29, 1.82) is 0 Å². The lowest BCUT2D eigenvalue weighted by Crippen LogP contribution is -2.11. The number of para-hydroxylation sites is 2. The van der Waals surface area contributed by atoms with Crippen LogP contribution in [0.5, 0.6) is 0 Å². The molecule has 6 heteroatoms. The Morgan fingerprint density at radius 2 is 0.605 bits per heavy atom. The molecule has 0 aliphatic carbocycles. The molecule has 4 heterocycles. The highest BCUT2D eigenvalue weighted by atomic mass is 15.1. The Balaban J connectivity index is 1.11. The predicted molar refractivity (Wildman–Crippen MR) is 314 cm³/mol. The third-order valence-corrected chi connectivity index (χ3v) is 15.0. The summed E-state index contributed by atoms with van der Waals surface area (Å²) in [5.74, 6) is 2.64. The van der Waals surface area contributed by atoms with Gasteiger partial charge in [-0.3, -0.25) is 4.57 Å². The molecule has 0 saturated heterocycles. The van der Waals surface area contributed by atoms with Gasteiger partial charge in [0, 0.05) is 54.9 Å². The van der Waals surface area contributed by atoms with Crippen LogP contribution >= 0.6 is 0 Å². The van der Waals surface area contributed by atoms with Crippen molar-refractivity contribution in [3.05, 3.63) is 267 Å². The molecule has 0 N–H and O–H groups in total. The Morgan fingerprint density at radius 1 is 0.237 bits per heavy atom. The number of nitrogens with zero attached hydrogens (tertiary/aromatic N) is 6. The van der Waals surface area contributed by atoms with E-state index in [0.29, 0.717) is 17.5 Å². The van der Waals surface area contributed by atoms with E-state index in [1.54, 1.807) is 0 Å². The first-order chi connectivity index (χ1) is 37.7. The summed E-state index contributed by atoms with van der Waals surface area (Å²) in [6.45, 7) is 0. The zero-order valence-electron chi connectivity index (χ0n) is 41.1. The van der Waals surface area contributed by atoms with Gasteiger partial charge in [-0.1, -0.05) is 243 Å². The Bertz CT molecular complexity index is 4660. The van der Waals surface area contributed by atoms with Crippen LogP contribution in [0.15, 0.2) is 267 Å². The number of benzene rings is 11. The topological polar surface area (TPSA) is 61.4 Å². The minimum atomic E-state index is 0.593. The molecule has 11 aromatic carbocycles. The van der Waals surface area contributed by atoms with Gasteiger partial charge < -0.3 is 4.57 Å². The number of aromatic nitrogens is 6. The molecule has 0 unspecified atom stereocenters. The van der Waals surface area contributed by atoms with Crippen LogP contribution in [-0.4, -0.2) is 29.1 Å². The predicted octanol–water partition coefficient (Wildman–Crippen LogP) is 17.8. The fourth-order valence-electron chi connectivity index (χ4n) is 11.6. The summed E-state index contributed by atoms with van der Waals surface area (Å²) in [6.07, 6.45) is 0. The minimum absolute atomic E-state index is 0.593. The van der Waals surface area contributed by atoms with Crippen molar-refractivity contribution in [1.82, 2.24) is 29.1 Å². The van der Waals surface area contributed by atoms with Gasteiger partial charge in [-0.2, -0.15) is 0 Å². The van der Waals surface area contributed by atoms with Crippen molar-refractivity contribution in [3.8, 4) is 79.2 Å². The van der Waals surface area contributed by atoms with E-state index in [-0.39, 0.29) is 0 Å². The van der Waals surface area contributed by atoms with E-state index in [1.807, 2.05) is 60.7 Å². The minimum Gasteiger partial charge on any atom is -0.305 e. The molecule has 354 valence electrons. The van der Waals surface area contributed by atoms with Crippen LogP contribution in [0.1, 0.15) is 0 Å². The van der Waals surface area contributed by atoms with Crippen molar-refractivity contribution < 1.29 is 0 Å². The second-order valence-corrected chi connectivity index (χ2v) is 19.3. The lowest BCUT2D eigenvalue weighted by Gasteiger charge is -2.25. The van der Waals surface area contributed by atoms with Crippen LogP contribution in [-0.2, 0) is 0 Å². The standard InChI is InChI=1S/C70H44N6/c1-5-23-47(24-6-1)61-62(48-37-39-52(40-38-48)69-73-67(50-27-9-3-10-28-50)72-68(74-69)51-29-11-4-12-30-51)66(75-57-35-19-17-33-55(57)63-53-31-15-13-21-45(53)41-43-59(63)75)70(71-65(61)49-25-7-2-8-26-49)76-58-36-20-18-34-56(58)64-54-32-16-14-22-46(54)42-44-60(64)76/h1-44H. The molecule has 0 fully saturated rings. The maximum atomic E-state index is 6.12. The third kappa shape index (κ3) is 6.96. The second-order valence-electron chi connectivity index (χ2n) is 19.3. The molecule has 15 aromatic rings. The first kappa shape index (κ1) is 43.3. The number of hydrogen-bond acceptors (Lipinski definition) is 4. The smallest absolute Gasteiger partial charge is 0.164 e. The Hall–Kier alpha value is -10.3. The van der Waals surface area contributed by atoms with E-state index < -0.39 is 0 Å². The van der Waals surface area contributed by atoms with Crippen LogP contribution in [0.2, 0.25) is 0 Å². The molecule has 15 rings (SSSR count). The molecule has 0 saturated carbocycles.